The number of benzene rings is 1. The molecule has 0 saturated carbocycles. The summed E-state index contributed by atoms with van der Waals surface area (Å²) in [6.07, 6.45) is 0.870. The van der Waals surface area contributed by atoms with Crippen LogP contribution >= 0.6 is 0 Å². The maximum absolute atomic E-state index is 11.6. The normalized spacial score (nSPS) is 10.4. The molecule has 0 atom stereocenters. The second-order valence-electron chi connectivity index (χ2n) is 5.59. The lowest BCUT2D eigenvalue weighted by atomic mass is 9.98. The van der Waals surface area contributed by atoms with Gasteiger partial charge >= 0.3 is 0 Å². The lowest BCUT2D eigenvalue weighted by Crippen LogP contribution is -2.39. The highest BCUT2D eigenvalue weighted by molar-refractivity contribution is 5.85. The molecule has 122 valence electrons. The Bertz CT molecular complexity index is 513. The predicted molar refractivity (Wildman–Crippen MR) is 87.1 cm³/mol. The average Bonchev–Trinajstić information content (AvgIpc) is 2.48. The van der Waals surface area contributed by atoms with Crippen LogP contribution in [-0.2, 0) is 9.59 Å². The first-order valence-corrected chi connectivity index (χ1v) is 7.70. The fourth-order valence-electron chi connectivity index (χ4n) is 2.09. The van der Waals surface area contributed by atoms with E-state index in [0.29, 0.717) is 18.2 Å². The van der Waals surface area contributed by atoms with Crippen molar-refractivity contribution >= 4 is 11.8 Å². The van der Waals surface area contributed by atoms with Gasteiger partial charge in [0.25, 0.3) is 5.91 Å². The molecule has 0 aliphatic rings. The van der Waals surface area contributed by atoms with Crippen molar-refractivity contribution in [1.29, 1.82) is 0 Å². The van der Waals surface area contributed by atoms with Gasteiger partial charge in [0.15, 0.2) is 6.61 Å². The Labute approximate surface area is 132 Å². The van der Waals surface area contributed by atoms with Crippen LogP contribution in [0.1, 0.15) is 44.2 Å². The van der Waals surface area contributed by atoms with Gasteiger partial charge in [-0.2, -0.15) is 0 Å². The highest BCUT2D eigenvalue weighted by Gasteiger charge is 2.08. The molecule has 0 heterocycles. The van der Waals surface area contributed by atoms with E-state index < -0.39 is 0 Å². The Morgan fingerprint density at radius 1 is 1.18 bits per heavy atom. The lowest BCUT2D eigenvalue weighted by Gasteiger charge is -2.12. The van der Waals surface area contributed by atoms with Gasteiger partial charge in [-0.15, -0.1) is 0 Å². The van der Waals surface area contributed by atoms with E-state index in [-0.39, 0.29) is 25.0 Å². The number of carbonyl (C=O) groups is 2. The van der Waals surface area contributed by atoms with Crippen LogP contribution < -0.4 is 15.4 Å². The number of aryl methyl sites for hydroxylation is 1. The molecule has 0 saturated heterocycles. The summed E-state index contributed by atoms with van der Waals surface area (Å²) in [5.41, 5.74) is 2.41. The number of rotatable bonds is 8. The zero-order valence-electron chi connectivity index (χ0n) is 13.9. The molecule has 0 aliphatic carbocycles. The van der Waals surface area contributed by atoms with E-state index in [1.807, 2.05) is 32.0 Å². The summed E-state index contributed by atoms with van der Waals surface area (Å²) in [6.45, 7) is 8.78. The molecule has 0 bridgehead atoms. The minimum atomic E-state index is -0.308. The third-order valence-corrected chi connectivity index (χ3v) is 3.25. The van der Waals surface area contributed by atoms with Gasteiger partial charge in [0, 0.05) is 6.54 Å². The Morgan fingerprint density at radius 3 is 2.50 bits per heavy atom. The standard InChI is InChI=1S/C17H26N2O3/c1-5-8-18-16(20)10-19-17(21)11-22-14-6-7-15(12(2)3)13(4)9-14/h6-7,9,12H,5,8,10-11H2,1-4H3,(H,18,20)(H,19,21). The molecule has 2 N–H and O–H groups in total. The highest BCUT2D eigenvalue weighted by Crippen LogP contribution is 2.23. The molecular weight excluding hydrogens is 280 g/mol. The lowest BCUT2D eigenvalue weighted by molar-refractivity contribution is -0.127. The van der Waals surface area contributed by atoms with Gasteiger partial charge in [-0.05, 0) is 42.5 Å². The Hall–Kier alpha value is -2.04. The van der Waals surface area contributed by atoms with E-state index in [1.165, 1.54) is 5.56 Å². The van der Waals surface area contributed by atoms with Crippen LogP contribution in [-0.4, -0.2) is 31.5 Å². The first-order valence-electron chi connectivity index (χ1n) is 7.70. The molecule has 1 aromatic rings. The molecule has 0 aliphatic heterocycles. The number of amides is 2. The molecule has 22 heavy (non-hydrogen) atoms. The largest absolute Gasteiger partial charge is 0.484 e. The molecule has 0 radical (unpaired) electrons. The second-order valence-corrected chi connectivity index (χ2v) is 5.59. The number of hydrogen-bond donors (Lipinski definition) is 2. The molecule has 2 amide bonds. The van der Waals surface area contributed by atoms with E-state index >= 15 is 0 Å². The van der Waals surface area contributed by atoms with Crippen molar-refractivity contribution in [2.24, 2.45) is 0 Å². The van der Waals surface area contributed by atoms with Crippen LogP contribution in [0.4, 0.5) is 0 Å². The third kappa shape index (κ3) is 6.16. The van der Waals surface area contributed by atoms with Gasteiger partial charge in [0.05, 0.1) is 6.54 Å². The van der Waals surface area contributed by atoms with Crippen LogP contribution in [0, 0.1) is 6.92 Å². The summed E-state index contributed by atoms with van der Waals surface area (Å²) in [5, 5.41) is 5.22. The molecule has 1 rings (SSSR count). The smallest absolute Gasteiger partial charge is 0.258 e. The monoisotopic (exact) mass is 306 g/mol. The minimum absolute atomic E-state index is 0.0203. The van der Waals surface area contributed by atoms with Crippen molar-refractivity contribution < 1.29 is 14.3 Å². The van der Waals surface area contributed by atoms with E-state index in [0.717, 1.165) is 12.0 Å². The van der Waals surface area contributed by atoms with Crippen LogP contribution in [0.5, 0.6) is 5.75 Å². The van der Waals surface area contributed by atoms with Crippen molar-refractivity contribution in [3.8, 4) is 5.75 Å². The fourth-order valence-corrected chi connectivity index (χ4v) is 2.09. The number of nitrogens with one attached hydrogen (secondary N) is 2. The van der Waals surface area contributed by atoms with E-state index in [9.17, 15) is 9.59 Å². The summed E-state index contributed by atoms with van der Waals surface area (Å²) < 4.78 is 5.45. The van der Waals surface area contributed by atoms with Gasteiger partial charge in [0.1, 0.15) is 5.75 Å². The maximum Gasteiger partial charge on any atom is 0.258 e. The van der Waals surface area contributed by atoms with Gasteiger partial charge in [-0.1, -0.05) is 26.8 Å². The third-order valence-electron chi connectivity index (χ3n) is 3.25. The van der Waals surface area contributed by atoms with E-state index in [2.05, 4.69) is 24.5 Å². The molecule has 5 nitrogen and oxygen atoms in total. The summed E-state index contributed by atoms with van der Waals surface area (Å²) >= 11 is 0. The first-order chi connectivity index (χ1) is 10.4. The van der Waals surface area contributed by atoms with Crippen LogP contribution in [0.3, 0.4) is 0 Å². The molecule has 0 fully saturated rings. The van der Waals surface area contributed by atoms with E-state index in [4.69, 9.17) is 4.74 Å². The summed E-state index contributed by atoms with van der Waals surface area (Å²) in [7, 11) is 0. The van der Waals surface area contributed by atoms with Gasteiger partial charge in [-0.3, -0.25) is 9.59 Å². The Kier molecular flexibility index (Phi) is 7.43. The maximum atomic E-state index is 11.6. The van der Waals surface area contributed by atoms with Crippen molar-refractivity contribution in [2.45, 2.75) is 40.0 Å². The van der Waals surface area contributed by atoms with Crippen LogP contribution in [0.25, 0.3) is 0 Å². The number of hydrogen-bond acceptors (Lipinski definition) is 3. The quantitative estimate of drug-likeness (QED) is 0.773. The summed E-state index contributed by atoms with van der Waals surface area (Å²) in [6, 6.07) is 5.81. The molecule has 5 heteroatoms. The molecule has 0 aromatic heterocycles. The van der Waals surface area contributed by atoms with Crippen molar-refractivity contribution in [3.05, 3.63) is 29.3 Å². The van der Waals surface area contributed by atoms with Gasteiger partial charge < -0.3 is 15.4 Å². The minimum Gasteiger partial charge on any atom is -0.484 e. The van der Waals surface area contributed by atoms with Crippen LogP contribution in [0.15, 0.2) is 18.2 Å². The second kappa shape index (κ2) is 9.07. The Morgan fingerprint density at radius 2 is 1.91 bits per heavy atom. The van der Waals surface area contributed by atoms with Gasteiger partial charge in [-0.25, -0.2) is 0 Å². The summed E-state index contributed by atoms with van der Waals surface area (Å²) in [5.74, 6) is 0.621. The Balaban J connectivity index is 2.38. The topological polar surface area (TPSA) is 67.4 Å². The summed E-state index contributed by atoms with van der Waals surface area (Å²) in [4.78, 5) is 23.0. The van der Waals surface area contributed by atoms with Crippen molar-refractivity contribution in [3.63, 3.8) is 0 Å². The van der Waals surface area contributed by atoms with Crippen molar-refractivity contribution in [2.75, 3.05) is 19.7 Å². The molecule has 0 spiro atoms. The van der Waals surface area contributed by atoms with Crippen LogP contribution in [0.2, 0.25) is 0 Å². The number of carbonyl (C=O) groups excluding carboxylic acids is 2. The number of ether oxygens (including phenoxy) is 1. The zero-order chi connectivity index (χ0) is 16.5. The zero-order valence-corrected chi connectivity index (χ0v) is 13.9. The van der Waals surface area contributed by atoms with Gasteiger partial charge in [0.2, 0.25) is 5.91 Å². The van der Waals surface area contributed by atoms with Crippen molar-refractivity contribution in [1.82, 2.24) is 10.6 Å². The first kappa shape index (κ1) is 18.0. The molecule has 0 unspecified atom stereocenters. The average molecular weight is 306 g/mol. The SMILES string of the molecule is CCCNC(=O)CNC(=O)COc1ccc(C(C)C)c(C)c1. The highest BCUT2D eigenvalue weighted by atomic mass is 16.5. The predicted octanol–water partition coefficient (Wildman–Crippen LogP) is 2.14. The fraction of sp³-hybridized carbons (Fsp3) is 0.529. The van der Waals surface area contributed by atoms with E-state index in [1.54, 1.807) is 0 Å². The molecular formula is C17H26N2O3. The molecule has 1 aromatic carbocycles.